The van der Waals surface area contributed by atoms with Crippen molar-refractivity contribution in [3.63, 3.8) is 0 Å². The molecule has 0 saturated carbocycles. The minimum Gasteiger partial charge on any atom is -0.382 e. The van der Waals surface area contributed by atoms with Crippen LogP contribution in [0.15, 0.2) is 36.8 Å². The average molecular weight is 222 g/mol. The van der Waals surface area contributed by atoms with Crippen LogP contribution in [0.5, 0.6) is 0 Å². The lowest BCUT2D eigenvalue weighted by Crippen LogP contribution is -2.07. The highest BCUT2D eigenvalue weighted by Gasteiger charge is 2.20. The standard InChI is InChI=1S/C11H8F2N2O/c12-7-2-1-3-8(13)10(7)11(16)9-4-5-14-6-15-9/h1-6,11,16H. The Morgan fingerprint density at radius 2 is 1.81 bits per heavy atom. The Morgan fingerprint density at radius 3 is 2.38 bits per heavy atom. The Morgan fingerprint density at radius 1 is 1.12 bits per heavy atom. The lowest BCUT2D eigenvalue weighted by molar-refractivity contribution is 0.204. The highest BCUT2D eigenvalue weighted by molar-refractivity contribution is 5.27. The maximum Gasteiger partial charge on any atom is 0.132 e. The van der Waals surface area contributed by atoms with Crippen LogP contribution in [0.4, 0.5) is 8.78 Å². The van der Waals surface area contributed by atoms with Crippen LogP contribution >= 0.6 is 0 Å². The van der Waals surface area contributed by atoms with E-state index in [9.17, 15) is 13.9 Å². The number of nitrogens with zero attached hydrogens (tertiary/aromatic N) is 2. The van der Waals surface area contributed by atoms with Gasteiger partial charge in [0, 0.05) is 6.20 Å². The van der Waals surface area contributed by atoms with Crippen molar-refractivity contribution in [1.82, 2.24) is 9.97 Å². The van der Waals surface area contributed by atoms with Crippen LogP contribution in [-0.2, 0) is 0 Å². The van der Waals surface area contributed by atoms with Crippen LogP contribution < -0.4 is 0 Å². The molecule has 0 amide bonds. The minimum atomic E-state index is -1.43. The van der Waals surface area contributed by atoms with E-state index in [0.29, 0.717) is 0 Å². The third-order valence-corrected chi connectivity index (χ3v) is 2.16. The topological polar surface area (TPSA) is 46.0 Å². The molecule has 0 radical (unpaired) electrons. The molecule has 3 nitrogen and oxygen atoms in total. The van der Waals surface area contributed by atoms with Crippen LogP contribution in [0.1, 0.15) is 17.4 Å². The molecule has 1 aromatic carbocycles. The molecule has 2 aromatic rings. The number of hydrogen-bond acceptors (Lipinski definition) is 3. The van der Waals surface area contributed by atoms with Gasteiger partial charge in [-0.25, -0.2) is 18.7 Å². The summed E-state index contributed by atoms with van der Waals surface area (Å²) in [5, 5.41) is 9.78. The monoisotopic (exact) mass is 222 g/mol. The molecule has 0 aliphatic carbocycles. The quantitative estimate of drug-likeness (QED) is 0.843. The van der Waals surface area contributed by atoms with Crippen molar-refractivity contribution in [2.24, 2.45) is 0 Å². The van der Waals surface area contributed by atoms with E-state index in [4.69, 9.17) is 0 Å². The molecule has 0 aliphatic heterocycles. The van der Waals surface area contributed by atoms with Gasteiger partial charge in [0.25, 0.3) is 0 Å². The van der Waals surface area contributed by atoms with Gasteiger partial charge >= 0.3 is 0 Å². The van der Waals surface area contributed by atoms with E-state index in [-0.39, 0.29) is 5.69 Å². The predicted molar refractivity (Wildman–Crippen MR) is 52.5 cm³/mol. The number of aliphatic hydroxyl groups excluding tert-OH is 1. The third kappa shape index (κ3) is 1.90. The van der Waals surface area contributed by atoms with Gasteiger partial charge in [0.2, 0.25) is 0 Å². The normalized spacial score (nSPS) is 12.4. The van der Waals surface area contributed by atoms with Crippen LogP contribution in [0.2, 0.25) is 0 Å². The third-order valence-electron chi connectivity index (χ3n) is 2.16. The van der Waals surface area contributed by atoms with Gasteiger partial charge in [0.05, 0.1) is 11.3 Å². The largest absolute Gasteiger partial charge is 0.382 e. The van der Waals surface area contributed by atoms with Crippen molar-refractivity contribution in [1.29, 1.82) is 0 Å². The number of benzene rings is 1. The average Bonchev–Trinajstić information content (AvgIpc) is 2.30. The Balaban J connectivity index is 2.46. The van der Waals surface area contributed by atoms with E-state index in [0.717, 1.165) is 12.1 Å². The molecular formula is C11H8F2N2O. The summed E-state index contributed by atoms with van der Waals surface area (Å²) in [5.74, 6) is -1.60. The van der Waals surface area contributed by atoms with Crippen molar-refractivity contribution < 1.29 is 13.9 Å². The molecule has 0 bridgehead atoms. The fourth-order valence-electron chi connectivity index (χ4n) is 1.38. The number of aromatic nitrogens is 2. The van der Waals surface area contributed by atoms with E-state index in [1.807, 2.05) is 0 Å². The van der Waals surface area contributed by atoms with E-state index >= 15 is 0 Å². The summed E-state index contributed by atoms with van der Waals surface area (Å²) in [6.45, 7) is 0. The summed E-state index contributed by atoms with van der Waals surface area (Å²) in [7, 11) is 0. The lowest BCUT2D eigenvalue weighted by atomic mass is 10.1. The van der Waals surface area contributed by atoms with Gasteiger partial charge in [-0.1, -0.05) is 6.07 Å². The zero-order chi connectivity index (χ0) is 11.5. The molecule has 0 spiro atoms. The SMILES string of the molecule is OC(c1ccncn1)c1c(F)cccc1F. The number of rotatable bonds is 2. The van der Waals surface area contributed by atoms with Gasteiger partial charge < -0.3 is 5.11 Å². The van der Waals surface area contributed by atoms with E-state index in [2.05, 4.69) is 9.97 Å². The Kier molecular flexibility index (Phi) is 2.87. The minimum absolute atomic E-state index is 0.152. The second-order valence-corrected chi connectivity index (χ2v) is 3.17. The van der Waals surface area contributed by atoms with Gasteiger partial charge in [0.15, 0.2) is 0 Å². The second-order valence-electron chi connectivity index (χ2n) is 3.17. The summed E-state index contributed by atoms with van der Waals surface area (Å²) < 4.78 is 26.7. The highest BCUT2D eigenvalue weighted by Crippen LogP contribution is 2.24. The van der Waals surface area contributed by atoms with Gasteiger partial charge in [-0.2, -0.15) is 0 Å². The van der Waals surface area contributed by atoms with Crippen LogP contribution in [0.3, 0.4) is 0 Å². The van der Waals surface area contributed by atoms with Gasteiger partial charge in [-0.05, 0) is 18.2 Å². The highest BCUT2D eigenvalue weighted by atomic mass is 19.1. The maximum absolute atomic E-state index is 13.3. The summed E-state index contributed by atoms with van der Waals surface area (Å²) in [4.78, 5) is 7.40. The van der Waals surface area contributed by atoms with Crippen LogP contribution in [-0.4, -0.2) is 15.1 Å². The van der Waals surface area contributed by atoms with E-state index in [1.54, 1.807) is 0 Å². The molecule has 1 atom stereocenters. The van der Waals surface area contributed by atoms with Crippen molar-refractivity contribution in [3.8, 4) is 0 Å². The fraction of sp³-hybridized carbons (Fsp3) is 0.0909. The Hall–Kier alpha value is -1.88. The van der Waals surface area contributed by atoms with Crippen LogP contribution in [0, 0.1) is 11.6 Å². The molecule has 5 heteroatoms. The van der Waals surface area contributed by atoms with E-state index in [1.165, 1.54) is 24.7 Å². The summed E-state index contributed by atoms with van der Waals surface area (Å²) in [6, 6.07) is 4.81. The molecule has 0 fully saturated rings. The lowest BCUT2D eigenvalue weighted by Gasteiger charge is -2.11. The van der Waals surface area contributed by atoms with Crippen molar-refractivity contribution >= 4 is 0 Å². The van der Waals surface area contributed by atoms with Crippen molar-refractivity contribution in [2.45, 2.75) is 6.10 Å². The maximum atomic E-state index is 13.3. The van der Waals surface area contributed by atoms with Gasteiger partial charge in [-0.3, -0.25) is 0 Å². The molecule has 82 valence electrons. The summed E-state index contributed by atoms with van der Waals surface area (Å²) in [6.07, 6.45) is 1.17. The molecule has 16 heavy (non-hydrogen) atoms. The molecule has 2 rings (SSSR count). The van der Waals surface area contributed by atoms with Crippen LogP contribution in [0.25, 0.3) is 0 Å². The zero-order valence-corrected chi connectivity index (χ0v) is 8.14. The first-order chi connectivity index (χ1) is 7.70. The molecule has 1 N–H and O–H groups in total. The Bertz CT molecular complexity index is 470. The van der Waals surface area contributed by atoms with E-state index < -0.39 is 23.3 Å². The first kappa shape index (κ1) is 10.6. The number of halogens is 2. The first-order valence-electron chi connectivity index (χ1n) is 4.58. The summed E-state index contributed by atoms with van der Waals surface area (Å²) >= 11 is 0. The smallest absolute Gasteiger partial charge is 0.132 e. The fourth-order valence-corrected chi connectivity index (χ4v) is 1.38. The summed E-state index contributed by atoms with van der Waals surface area (Å²) in [5.41, 5.74) is -0.250. The molecular weight excluding hydrogens is 214 g/mol. The first-order valence-corrected chi connectivity index (χ1v) is 4.58. The van der Waals surface area contributed by atoms with Crippen molar-refractivity contribution in [3.05, 3.63) is 59.7 Å². The predicted octanol–water partition coefficient (Wildman–Crippen LogP) is 1.84. The second kappa shape index (κ2) is 4.32. The molecule has 1 heterocycles. The number of aliphatic hydroxyl groups is 1. The van der Waals surface area contributed by atoms with Crippen molar-refractivity contribution in [2.75, 3.05) is 0 Å². The number of hydrogen-bond donors (Lipinski definition) is 1. The van der Waals surface area contributed by atoms with Gasteiger partial charge in [0.1, 0.15) is 24.1 Å². The molecule has 1 unspecified atom stereocenters. The Labute approximate surface area is 90.4 Å². The molecule has 0 saturated heterocycles. The zero-order valence-electron chi connectivity index (χ0n) is 8.14. The van der Waals surface area contributed by atoms with Gasteiger partial charge in [-0.15, -0.1) is 0 Å². The molecule has 1 aromatic heterocycles. The molecule has 0 aliphatic rings.